The van der Waals surface area contributed by atoms with Crippen molar-refractivity contribution in [1.29, 1.82) is 0 Å². The summed E-state index contributed by atoms with van der Waals surface area (Å²) < 4.78 is 0. The quantitative estimate of drug-likeness (QED) is 0.703. The first-order chi connectivity index (χ1) is 13.4. The maximum atomic E-state index is 13.0. The molecule has 1 aliphatic heterocycles. The molecule has 0 spiro atoms. The van der Waals surface area contributed by atoms with Gasteiger partial charge < -0.3 is 14.7 Å². The molecule has 1 saturated heterocycles. The van der Waals surface area contributed by atoms with Gasteiger partial charge in [0.05, 0.1) is 21.3 Å². The Kier molecular flexibility index (Phi) is 6.80. The van der Waals surface area contributed by atoms with Crippen LogP contribution in [0.15, 0.2) is 18.5 Å². The fourth-order valence-electron chi connectivity index (χ4n) is 3.08. The number of amides is 1. The zero-order chi connectivity index (χ0) is 20.3. The summed E-state index contributed by atoms with van der Waals surface area (Å²) >= 11 is 18.4. The zero-order valence-corrected chi connectivity index (χ0v) is 18.0. The van der Waals surface area contributed by atoms with Gasteiger partial charge in [-0.1, -0.05) is 34.8 Å². The SMILES string of the molecule is CCN(CC)c1ncc(Cl)c(C(=O)N2CCN(c3ncc(Cl)cc3Cl)CC2)n1. The molecule has 0 N–H and O–H groups in total. The highest BCUT2D eigenvalue weighted by atomic mass is 35.5. The van der Waals surface area contributed by atoms with Crippen LogP contribution in [0.2, 0.25) is 15.1 Å². The Hall–Kier alpha value is -1.83. The summed E-state index contributed by atoms with van der Waals surface area (Å²) in [4.78, 5) is 31.7. The maximum absolute atomic E-state index is 13.0. The molecule has 0 atom stereocenters. The van der Waals surface area contributed by atoms with Crippen molar-refractivity contribution in [3.8, 4) is 0 Å². The molecule has 7 nitrogen and oxygen atoms in total. The minimum Gasteiger partial charge on any atom is -0.352 e. The van der Waals surface area contributed by atoms with Gasteiger partial charge in [0.25, 0.3) is 5.91 Å². The molecular formula is C18H21Cl3N6O. The second-order valence-electron chi connectivity index (χ2n) is 6.28. The Morgan fingerprint density at radius 2 is 1.71 bits per heavy atom. The van der Waals surface area contributed by atoms with Crippen molar-refractivity contribution < 1.29 is 4.79 Å². The van der Waals surface area contributed by atoms with E-state index in [2.05, 4.69) is 15.0 Å². The number of carbonyl (C=O) groups excluding carboxylic acids is 1. The number of aromatic nitrogens is 3. The van der Waals surface area contributed by atoms with Gasteiger partial charge in [0.15, 0.2) is 5.69 Å². The molecule has 3 heterocycles. The molecule has 3 rings (SSSR count). The normalized spacial score (nSPS) is 14.3. The van der Waals surface area contributed by atoms with Crippen molar-refractivity contribution in [2.45, 2.75) is 13.8 Å². The van der Waals surface area contributed by atoms with E-state index in [1.807, 2.05) is 23.6 Å². The molecule has 1 amide bonds. The van der Waals surface area contributed by atoms with Gasteiger partial charge in [-0.15, -0.1) is 0 Å². The van der Waals surface area contributed by atoms with E-state index in [-0.39, 0.29) is 16.6 Å². The van der Waals surface area contributed by atoms with Crippen molar-refractivity contribution in [3.63, 3.8) is 0 Å². The van der Waals surface area contributed by atoms with Gasteiger partial charge in [0.1, 0.15) is 5.82 Å². The lowest BCUT2D eigenvalue weighted by molar-refractivity contribution is 0.0740. The van der Waals surface area contributed by atoms with E-state index in [9.17, 15) is 4.79 Å². The minimum absolute atomic E-state index is 0.199. The number of piperazine rings is 1. The average Bonchev–Trinajstić information content (AvgIpc) is 2.70. The number of nitrogens with zero attached hydrogens (tertiary/aromatic N) is 6. The van der Waals surface area contributed by atoms with Gasteiger partial charge in [-0.3, -0.25) is 4.79 Å². The van der Waals surface area contributed by atoms with E-state index in [1.54, 1.807) is 17.2 Å². The van der Waals surface area contributed by atoms with Crippen LogP contribution in [0.5, 0.6) is 0 Å². The molecule has 0 saturated carbocycles. The first kappa shape index (κ1) is 20.9. The molecule has 1 fully saturated rings. The van der Waals surface area contributed by atoms with Crippen LogP contribution in [0.1, 0.15) is 24.3 Å². The van der Waals surface area contributed by atoms with Gasteiger partial charge in [-0.2, -0.15) is 0 Å². The maximum Gasteiger partial charge on any atom is 0.274 e. The molecule has 2 aromatic rings. The van der Waals surface area contributed by atoms with Crippen LogP contribution >= 0.6 is 34.8 Å². The summed E-state index contributed by atoms with van der Waals surface area (Å²) in [6.07, 6.45) is 3.05. The summed E-state index contributed by atoms with van der Waals surface area (Å²) in [5.74, 6) is 0.978. The predicted molar refractivity (Wildman–Crippen MR) is 113 cm³/mol. The Labute approximate surface area is 179 Å². The van der Waals surface area contributed by atoms with E-state index in [1.165, 1.54) is 6.20 Å². The highest BCUT2D eigenvalue weighted by Crippen LogP contribution is 2.27. The van der Waals surface area contributed by atoms with Gasteiger partial charge in [-0.05, 0) is 19.9 Å². The molecule has 150 valence electrons. The second kappa shape index (κ2) is 9.11. The minimum atomic E-state index is -0.199. The van der Waals surface area contributed by atoms with E-state index in [0.717, 1.165) is 13.1 Å². The summed E-state index contributed by atoms with van der Waals surface area (Å²) in [7, 11) is 0. The van der Waals surface area contributed by atoms with Crippen molar-refractivity contribution in [1.82, 2.24) is 19.9 Å². The summed E-state index contributed by atoms with van der Waals surface area (Å²) in [5, 5.41) is 1.24. The van der Waals surface area contributed by atoms with Crippen molar-refractivity contribution >= 4 is 52.5 Å². The van der Waals surface area contributed by atoms with Crippen LogP contribution in [0.3, 0.4) is 0 Å². The third-order valence-corrected chi connectivity index (χ3v) is 5.40. The smallest absolute Gasteiger partial charge is 0.274 e. The Morgan fingerprint density at radius 1 is 1.04 bits per heavy atom. The van der Waals surface area contributed by atoms with Gasteiger partial charge in [0.2, 0.25) is 5.95 Å². The predicted octanol–water partition coefficient (Wildman–Crippen LogP) is 3.64. The summed E-state index contributed by atoms with van der Waals surface area (Å²) in [5.41, 5.74) is 0.231. The average molecular weight is 444 g/mol. The molecule has 2 aromatic heterocycles. The van der Waals surface area contributed by atoms with Gasteiger partial charge in [0, 0.05) is 45.5 Å². The lowest BCUT2D eigenvalue weighted by Gasteiger charge is -2.35. The Balaban J connectivity index is 1.72. The first-order valence-corrected chi connectivity index (χ1v) is 10.2. The Bertz CT molecular complexity index is 853. The molecule has 0 unspecified atom stereocenters. The molecule has 0 radical (unpaired) electrons. The number of anilines is 2. The summed E-state index contributed by atoms with van der Waals surface area (Å²) in [6, 6.07) is 1.67. The molecule has 10 heteroatoms. The van der Waals surface area contributed by atoms with Crippen molar-refractivity contribution in [2.75, 3.05) is 49.1 Å². The first-order valence-electron chi connectivity index (χ1n) is 9.07. The van der Waals surface area contributed by atoms with Gasteiger partial charge in [-0.25, -0.2) is 15.0 Å². The van der Waals surface area contributed by atoms with Crippen molar-refractivity contribution in [3.05, 3.63) is 39.2 Å². The molecular weight excluding hydrogens is 423 g/mol. The monoisotopic (exact) mass is 442 g/mol. The second-order valence-corrected chi connectivity index (χ2v) is 7.53. The Morgan fingerprint density at radius 3 is 2.32 bits per heavy atom. The van der Waals surface area contributed by atoms with Crippen LogP contribution in [0.25, 0.3) is 0 Å². The van der Waals surface area contributed by atoms with Crippen LogP contribution < -0.4 is 9.80 Å². The lowest BCUT2D eigenvalue weighted by atomic mass is 10.2. The fourth-order valence-corrected chi connectivity index (χ4v) is 3.75. The van der Waals surface area contributed by atoms with E-state index < -0.39 is 0 Å². The van der Waals surface area contributed by atoms with Crippen LogP contribution in [0.4, 0.5) is 11.8 Å². The summed E-state index contributed by atoms with van der Waals surface area (Å²) in [6.45, 7) is 7.76. The number of hydrogen-bond acceptors (Lipinski definition) is 6. The fraction of sp³-hybridized carbons (Fsp3) is 0.444. The molecule has 28 heavy (non-hydrogen) atoms. The number of rotatable bonds is 5. The highest BCUT2D eigenvalue weighted by molar-refractivity contribution is 6.36. The molecule has 0 bridgehead atoms. The molecule has 1 aliphatic rings. The van der Waals surface area contributed by atoms with Crippen LogP contribution in [0, 0.1) is 0 Å². The van der Waals surface area contributed by atoms with E-state index in [0.29, 0.717) is 48.0 Å². The number of halogens is 3. The van der Waals surface area contributed by atoms with Crippen LogP contribution in [-0.4, -0.2) is 65.0 Å². The van der Waals surface area contributed by atoms with Gasteiger partial charge >= 0.3 is 0 Å². The topological polar surface area (TPSA) is 65.5 Å². The number of carbonyl (C=O) groups is 1. The third kappa shape index (κ3) is 4.42. The highest BCUT2D eigenvalue weighted by Gasteiger charge is 2.27. The van der Waals surface area contributed by atoms with Crippen molar-refractivity contribution in [2.24, 2.45) is 0 Å². The zero-order valence-electron chi connectivity index (χ0n) is 15.7. The molecule has 0 aliphatic carbocycles. The lowest BCUT2D eigenvalue weighted by Crippen LogP contribution is -2.49. The van der Waals surface area contributed by atoms with E-state index in [4.69, 9.17) is 34.8 Å². The van der Waals surface area contributed by atoms with E-state index >= 15 is 0 Å². The van der Waals surface area contributed by atoms with Crippen LogP contribution in [-0.2, 0) is 0 Å². The molecule has 0 aromatic carbocycles. The third-order valence-electron chi connectivity index (χ3n) is 4.64. The number of hydrogen-bond donors (Lipinski definition) is 0. The standard InChI is InChI=1S/C18H21Cl3N6O/c1-3-25(4-2)18-23-11-14(21)15(24-18)17(28)27-7-5-26(6-8-27)16-13(20)9-12(19)10-22-16/h9-11H,3-8H2,1-2H3. The number of pyridine rings is 1. The largest absolute Gasteiger partial charge is 0.352 e.